The number of likely N-dealkylation sites (tertiary alicyclic amines) is 1. The van der Waals surface area contributed by atoms with Crippen molar-refractivity contribution >= 4 is 29.9 Å². The van der Waals surface area contributed by atoms with Crippen molar-refractivity contribution in [2.45, 2.75) is 38.5 Å². The van der Waals surface area contributed by atoms with Gasteiger partial charge in [0.15, 0.2) is 5.96 Å². The van der Waals surface area contributed by atoms with Crippen LogP contribution in [0.2, 0.25) is 0 Å². The normalized spacial score (nSPS) is 19.7. The minimum absolute atomic E-state index is 0. The summed E-state index contributed by atoms with van der Waals surface area (Å²) in [6, 6.07) is 10.7. The molecule has 1 N–H and O–H groups in total. The Hall–Kier alpha value is -0.780. The van der Waals surface area contributed by atoms with E-state index in [2.05, 4.69) is 45.5 Å². The van der Waals surface area contributed by atoms with Crippen molar-refractivity contribution in [1.82, 2.24) is 10.2 Å². The van der Waals surface area contributed by atoms with Crippen LogP contribution in [0.4, 0.5) is 0 Å². The molecule has 1 aliphatic heterocycles. The van der Waals surface area contributed by atoms with E-state index in [1.807, 2.05) is 7.05 Å². The molecule has 1 aromatic carbocycles. The van der Waals surface area contributed by atoms with E-state index in [1.165, 1.54) is 44.3 Å². The van der Waals surface area contributed by atoms with Gasteiger partial charge in [-0.3, -0.25) is 4.99 Å². The molecule has 122 valence electrons. The molecule has 0 atom stereocenters. The molecular formula is C18H28IN3. The highest BCUT2D eigenvalue weighted by Crippen LogP contribution is 2.47. The van der Waals surface area contributed by atoms with Gasteiger partial charge in [-0.05, 0) is 43.1 Å². The van der Waals surface area contributed by atoms with Crippen molar-refractivity contribution in [3.63, 3.8) is 0 Å². The molecular weight excluding hydrogens is 385 g/mol. The molecule has 0 unspecified atom stereocenters. The number of halogens is 1. The lowest BCUT2D eigenvalue weighted by Gasteiger charge is -2.38. The van der Waals surface area contributed by atoms with Gasteiger partial charge in [-0.2, -0.15) is 0 Å². The first-order valence-electron chi connectivity index (χ1n) is 8.31. The first-order valence-corrected chi connectivity index (χ1v) is 8.31. The quantitative estimate of drug-likeness (QED) is 0.353. The van der Waals surface area contributed by atoms with Crippen LogP contribution < -0.4 is 5.32 Å². The second-order valence-corrected chi connectivity index (χ2v) is 6.59. The fourth-order valence-electron chi connectivity index (χ4n) is 3.67. The lowest BCUT2D eigenvalue weighted by atomic mass is 9.68. The van der Waals surface area contributed by atoms with E-state index in [4.69, 9.17) is 0 Å². The van der Waals surface area contributed by atoms with Crippen molar-refractivity contribution in [2.75, 3.05) is 26.7 Å². The Morgan fingerprint density at radius 2 is 2.00 bits per heavy atom. The minimum Gasteiger partial charge on any atom is -0.356 e. The lowest BCUT2D eigenvalue weighted by Crippen LogP contribution is -2.42. The van der Waals surface area contributed by atoms with Crippen molar-refractivity contribution in [1.29, 1.82) is 0 Å². The summed E-state index contributed by atoms with van der Waals surface area (Å²) in [6.45, 7) is 3.40. The summed E-state index contributed by atoms with van der Waals surface area (Å²) < 4.78 is 0. The number of nitrogens with zero attached hydrogens (tertiary/aromatic N) is 2. The van der Waals surface area contributed by atoms with Crippen molar-refractivity contribution < 1.29 is 0 Å². The van der Waals surface area contributed by atoms with E-state index in [-0.39, 0.29) is 24.0 Å². The summed E-state index contributed by atoms with van der Waals surface area (Å²) in [6.07, 6.45) is 7.93. The molecule has 22 heavy (non-hydrogen) atoms. The van der Waals surface area contributed by atoms with Gasteiger partial charge in [-0.15, -0.1) is 24.0 Å². The number of hydrogen-bond donors (Lipinski definition) is 1. The fraction of sp³-hybridized carbons (Fsp3) is 0.611. The Morgan fingerprint density at radius 1 is 1.23 bits per heavy atom. The summed E-state index contributed by atoms with van der Waals surface area (Å²) in [4.78, 5) is 6.93. The van der Waals surface area contributed by atoms with Crippen LogP contribution >= 0.6 is 24.0 Å². The molecule has 0 bridgehead atoms. The number of benzene rings is 1. The van der Waals surface area contributed by atoms with Crippen molar-refractivity contribution in [2.24, 2.45) is 10.4 Å². The van der Waals surface area contributed by atoms with Crippen LogP contribution in [0.25, 0.3) is 0 Å². The molecule has 0 radical (unpaired) electrons. The van der Waals surface area contributed by atoms with Crippen LogP contribution in [0.15, 0.2) is 35.3 Å². The Balaban J connectivity index is 0.00000176. The van der Waals surface area contributed by atoms with E-state index in [9.17, 15) is 0 Å². The second-order valence-electron chi connectivity index (χ2n) is 6.59. The Bertz CT molecular complexity index is 482. The molecule has 2 aliphatic rings. The van der Waals surface area contributed by atoms with Gasteiger partial charge in [-0.1, -0.05) is 36.8 Å². The van der Waals surface area contributed by atoms with Gasteiger partial charge < -0.3 is 10.2 Å². The Kier molecular flexibility index (Phi) is 6.53. The maximum Gasteiger partial charge on any atom is 0.193 e. The number of aliphatic imine (C=N–C) groups is 1. The third-order valence-electron chi connectivity index (χ3n) is 5.13. The highest BCUT2D eigenvalue weighted by molar-refractivity contribution is 14.0. The van der Waals surface area contributed by atoms with Crippen LogP contribution in [0.3, 0.4) is 0 Å². The van der Waals surface area contributed by atoms with Crippen molar-refractivity contribution in [3.8, 4) is 0 Å². The fourth-order valence-corrected chi connectivity index (χ4v) is 3.67. The highest BCUT2D eigenvalue weighted by Gasteiger charge is 2.43. The maximum atomic E-state index is 4.47. The zero-order valence-electron chi connectivity index (χ0n) is 13.6. The smallest absolute Gasteiger partial charge is 0.193 e. The Labute approximate surface area is 151 Å². The molecule has 0 amide bonds. The number of guanidine groups is 1. The van der Waals surface area contributed by atoms with E-state index in [0.717, 1.165) is 25.3 Å². The summed E-state index contributed by atoms with van der Waals surface area (Å²) in [7, 11) is 1.91. The predicted octanol–water partition coefficient (Wildman–Crippen LogP) is 3.69. The first kappa shape index (κ1) is 17.6. The zero-order valence-corrected chi connectivity index (χ0v) is 15.9. The Morgan fingerprint density at radius 3 is 2.59 bits per heavy atom. The topological polar surface area (TPSA) is 27.6 Å². The average Bonchev–Trinajstić information content (AvgIpc) is 2.94. The summed E-state index contributed by atoms with van der Waals surface area (Å²) in [5.41, 5.74) is 2.06. The van der Waals surface area contributed by atoms with Gasteiger partial charge in [0.25, 0.3) is 0 Å². The van der Waals surface area contributed by atoms with Gasteiger partial charge in [0, 0.05) is 26.7 Å². The molecule has 2 fully saturated rings. The van der Waals surface area contributed by atoms with Gasteiger partial charge in [-0.25, -0.2) is 0 Å². The molecule has 1 saturated carbocycles. The van der Waals surface area contributed by atoms with Crippen LogP contribution in [0, 0.1) is 5.41 Å². The third-order valence-corrected chi connectivity index (χ3v) is 5.13. The number of rotatable bonds is 4. The minimum atomic E-state index is 0. The van der Waals surface area contributed by atoms with Gasteiger partial charge in [0.05, 0.1) is 0 Å². The summed E-state index contributed by atoms with van der Waals surface area (Å²) in [5, 5.41) is 3.54. The first-order chi connectivity index (χ1) is 10.3. The van der Waals surface area contributed by atoms with Gasteiger partial charge >= 0.3 is 0 Å². The van der Waals surface area contributed by atoms with E-state index in [0.29, 0.717) is 5.41 Å². The molecule has 4 heteroatoms. The molecule has 1 aromatic rings. The molecule has 1 saturated heterocycles. The van der Waals surface area contributed by atoms with Gasteiger partial charge in [0.2, 0.25) is 0 Å². The molecule has 1 heterocycles. The monoisotopic (exact) mass is 413 g/mol. The molecule has 0 aromatic heterocycles. The zero-order chi connectivity index (χ0) is 14.5. The standard InChI is InChI=1S/C18H27N3.HI/c1-19-17(21-14-12-18(15-21)10-6-11-18)20-13-5-9-16-7-3-2-4-8-16;/h2-4,7-8H,5-6,9-15H2,1H3,(H,19,20);1H. The molecule has 3 rings (SSSR count). The molecule has 3 nitrogen and oxygen atoms in total. The summed E-state index contributed by atoms with van der Waals surface area (Å²) in [5.74, 6) is 1.10. The molecule has 1 aliphatic carbocycles. The van der Waals surface area contributed by atoms with E-state index < -0.39 is 0 Å². The van der Waals surface area contributed by atoms with Crippen molar-refractivity contribution in [3.05, 3.63) is 35.9 Å². The SMILES string of the molecule is CN=C(NCCCc1ccccc1)N1CCC2(CCC2)C1.I. The highest BCUT2D eigenvalue weighted by atomic mass is 127. The average molecular weight is 413 g/mol. The van der Waals surface area contributed by atoms with E-state index in [1.54, 1.807) is 0 Å². The van der Waals surface area contributed by atoms with Crippen LogP contribution in [0.5, 0.6) is 0 Å². The number of aryl methyl sites for hydroxylation is 1. The predicted molar refractivity (Wildman–Crippen MR) is 104 cm³/mol. The van der Waals surface area contributed by atoms with Crippen LogP contribution in [-0.2, 0) is 6.42 Å². The van der Waals surface area contributed by atoms with Crippen LogP contribution in [-0.4, -0.2) is 37.5 Å². The largest absolute Gasteiger partial charge is 0.356 e. The van der Waals surface area contributed by atoms with E-state index >= 15 is 0 Å². The summed E-state index contributed by atoms with van der Waals surface area (Å²) >= 11 is 0. The lowest BCUT2D eigenvalue weighted by molar-refractivity contribution is 0.151. The van der Waals surface area contributed by atoms with Crippen LogP contribution in [0.1, 0.15) is 37.7 Å². The van der Waals surface area contributed by atoms with Gasteiger partial charge in [0.1, 0.15) is 0 Å². The number of nitrogens with one attached hydrogen (secondary N) is 1. The maximum absolute atomic E-state index is 4.47. The number of hydrogen-bond acceptors (Lipinski definition) is 1. The third kappa shape index (κ3) is 4.15. The molecule has 1 spiro atoms. The second kappa shape index (κ2) is 8.18.